The van der Waals surface area contributed by atoms with Gasteiger partial charge in [-0.2, -0.15) is 0 Å². The summed E-state index contributed by atoms with van der Waals surface area (Å²) in [6.07, 6.45) is 2.58. The number of aliphatic hydroxyl groups is 1. The summed E-state index contributed by atoms with van der Waals surface area (Å²) >= 11 is 0. The van der Waals surface area contributed by atoms with Crippen LogP contribution >= 0.6 is 0 Å². The van der Waals surface area contributed by atoms with Crippen LogP contribution in [0, 0.1) is 0 Å². The number of hydrogen-bond acceptors (Lipinski definition) is 3. The number of para-hydroxylation sites is 1. The van der Waals surface area contributed by atoms with E-state index in [1.54, 1.807) is 0 Å². The maximum atomic E-state index is 9.47. The second-order valence-corrected chi connectivity index (χ2v) is 5.14. The zero-order valence-electron chi connectivity index (χ0n) is 12.3. The first-order valence-corrected chi connectivity index (χ1v) is 7.26. The molecule has 3 heteroatoms. The molecular weight excluding hydrogens is 238 g/mol. The Morgan fingerprint density at radius 2 is 1.95 bits per heavy atom. The van der Waals surface area contributed by atoms with Crippen molar-refractivity contribution in [3.63, 3.8) is 0 Å². The second kappa shape index (κ2) is 8.18. The van der Waals surface area contributed by atoms with Crippen LogP contribution in [-0.4, -0.2) is 23.9 Å². The number of rotatable bonds is 8. The zero-order chi connectivity index (χ0) is 14.3. The Morgan fingerprint density at radius 3 is 2.53 bits per heavy atom. The number of aliphatic hydroxyl groups excluding tert-OH is 1. The zero-order valence-corrected chi connectivity index (χ0v) is 12.3. The molecule has 1 rings (SSSR count). The highest BCUT2D eigenvalue weighted by Crippen LogP contribution is 2.29. The largest absolute Gasteiger partial charge is 0.486 e. The predicted molar refractivity (Wildman–Crippen MR) is 79.5 cm³/mol. The minimum Gasteiger partial charge on any atom is -0.486 e. The van der Waals surface area contributed by atoms with Gasteiger partial charge in [-0.05, 0) is 30.4 Å². The fourth-order valence-electron chi connectivity index (χ4n) is 2.16. The first-order valence-electron chi connectivity index (χ1n) is 7.26. The summed E-state index contributed by atoms with van der Waals surface area (Å²) in [5.74, 6) is 1.29. The highest BCUT2D eigenvalue weighted by molar-refractivity contribution is 5.36. The van der Waals surface area contributed by atoms with Gasteiger partial charge >= 0.3 is 0 Å². The third-order valence-corrected chi connectivity index (χ3v) is 3.62. The Labute approximate surface area is 116 Å². The smallest absolute Gasteiger partial charge is 0.137 e. The quantitative estimate of drug-likeness (QED) is 0.759. The Balaban J connectivity index is 2.84. The van der Waals surface area contributed by atoms with Crippen molar-refractivity contribution >= 4 is 0 Å². The van der Waals surface area contributed by atoms with E-state index in [4.69, 9.17) is 10.5 Å². The lowest BCUT2D eigenvalue weighted by Crippen LogP contribution is -2.41. The van der Waals surface area contributed by atoms with Gasteiger partial charge in [-0.3, -0.25) is 0 Å². The van der Waals surface area contributed by atoms with E-state index in [-0.39, 0.29) is 18.8 Å². The van der Waals surface area contributed by atoms with Crippen LogP contribution in [0.15, 0.2) is 24.3 Å². The SMILES string of the molecule is CCCC(N)C(CO)Oc1ccccc1C(C)CC. The van der Waals surface area contributed by atoms with E-state index < -0.39 is 0 Å². The number of nitrogens with two attached hydrogens (primary N) is 1. The average Bonchev–Trinajstić information content (AvgIpc) is 2.44. The lowest BCUT2D eigenvalue weighted by atomic mass is 9.97. The number of benzene rings is 1. The van der Waals surface area contributed by atoms with Crippen molar-refractivity contribution in [1.29, 1.82) is 0 Å². The van der Waals surface area contributed by atoms with Gasteiger partial charge in [-0.25, -0.2) is 0 Å². The van der Waals surface area contributed by atoms with Gasteiger partial charge in [0.25, 0.3) is 0 Å². The Morgan fingerprint density at radius 1 is 1.26 bits per heavy atom. The minimum atomic E-state index is -0.329. The van der Waals surface area contributed by atoms with Crippen molar-refractivity contribution in [2.45, 2.75) is 58.1 Å². The molecule has 108 valence electrons. The van der Waals surface area contributed by atoms with Gasteiger partial charge < -0.3 is 15.6 Å². The molecule has 0 bridgehead atoms. The molecule has 0 saturated heterocycles. The Hall–Kier alpha value is -1.06. The molecule has 0 radical (unpaired) electrons. The minimum absolute atomic E-state index is 0.0456. The van der Waals surface area contributed by atoms with Crippen LogP contribution in [0.3, 0.4) is 0 Å². The maximum absolute atomic E-state index is 9.47. The van der Waals surface area contributed by atoms with E-state index in [9.17, 15) is 5.11 Å². The number of ether oxygens (including phenoxy) is 1. The Bertz CT molecular complexity index is 368. The molecule has 3 unspecified atom stereocenters. The third-order valence-electron chi connectivity index (χ3n) is 3.62. The van der Waals surface area contributed by atoms with Crippen molar-refractivity contribution < 1.29 is 9.84 Å². The number of hydrogen-bond donors (Lipinski definition) is 2. The average molecular weight is 265 g/mol. The summed E-state index contributed by atoms with van der Waals surface area (Å²) < 4.78 is 5.96. The molecule has 0 aromatic heterocycles. The van der Waals surface area contributed by atoms with Gasteiger partial charge in [0.1, 0.15) is 11.9 Å². The second-order valence-electron chi connectivity index (χ2n) is 5.14. The van der Waals surface area contributed by atoms with Crippen LogP contribution in [0.25, 0.3) is 0 Å². The van der Waals surface area contributed by atoms with Crippen LogP contribution in [0.2, 0.25) is 0 Å². The van der Waals surface area contributed by atoms with Crippen LogP contribution < -0.4 is 10.5 Å². The Kier molecular flexibility index (Phi) is 6.89. The first kappa shape index (κ1) is 16.0. The summed E-state index contributed by atoms with van der Waals surface area (Å²) in [5.41, 5.74) is 7.25. The molecule has 0 heterocycles. The predicted octanol–water partition coefficient (Wildman–Crippen LogP) is 3.07. The molecule has 0 fully saturated rings. The van der Waals surface area contributed by atoms with Gasteiger partial charge in [0.2, 0.25) is 0 Å². The van der Waals surface area contributed by atoms with E-state index in [0.29, 0.717) is 5.92 Å². The fraction of sp³-hybridized carbons (Fsp3) is 0.625. The summed E-state index contributed by atoms with van der Waals surface area (Å²) in [6, 6.07) is 7.90. The van der Waals surface area contributed by atoms with E-state index in [2.05, 4.69) is 26.8 Å². The molecule has 0 aliphatic heterocycles. The molecule has 0 spiro atoms. The van der Waals surface area contributed by atoms with E-state index in [0.717, 1.165) is 25.0 Å². The van der Waals surface area contributed by atoms with Crippen LogP contribution in [-0.2, 0) is 0 Å². The van der Waals surface area contributed by atoms with Crippen LogP contribution in [0.4, 0.5) is 0 Å². The van der Waals surface area contributed by atoms with Crippen molar-refractivity contribution in [2.75, 3.05) is 6.61 Å². The molecule has 3 nitrogen and oxygen atoms in total. The lowest BCUT2D eigenvalue weighted by Gasteiger charge is -2.25. The highest BCUT2D eigenvalue weighted by Gasteiger charge is 2.20. The molecule has 1 aromatic carbocycles. The molecule has 0 saturated carbocycles. The molecule has 3 N–H and O–H groups in total. The standard InChI is InChI=1S/C16H27NO2/c1-4-8-14(17)16(11-18)19-15-10-7-6-9-13(15)12(3)5-2/h6-7,9-10,12,14,16,18H,4-5,8,11,17H2,1-3H3. The van der Waals surface area contributed by atoms with Crippen molar-refractivity contribution in [3.05, 3.63) is 29.8 Å². The fourth-order valence-corrected chi connectivity index (χ4v) is 2.16. The van der Waals surface area contributed by atoms with Gasteiger partial charge in [-0.1, -0.05) is 45.4 Å². The maximum Gasteiger partial charge on any atom is 0.137 e. The molecule has 19 heavy (non-hydrogen) atoms. The lowest BCUT2D eigenvalue weighted by molar-refractivity contribution is 0.0905. The van der Waals surface area contributed by atoms with Crippen molar-refractivity contribution in [3.8, 4) is 5.75 Å². The molecular formula is C16H27NO2. The van der Waals surface area contributed by atoms with Crippen LogP contribution in [0.1, 0.15) is 51.5 Å². The molecule has 1 aromatic rings. The van der Waals surface area contributed by atoms with Gasteiger partial charge in [-0.15, -0.1) is 0 Å². The van der Waals surface area contributed by atoms with E-state index in [1.165, 1.54) is 5.56 Å². The van der Waals surface area contributed by atoms with Gasteiger partial charge in [0.05, 0.1) is 6.61 Å². The summed E-state index contributed by atoms with van der Waals surface area (Å²) in [5, 5.41) is 9.47. The normalized spacial score (nSPS) is 15.8. The van der Waals surface area contributed by atoms with Gasteiger partial charge in [0, 0.05) is 6.04 Å². The van der Waals surface area contributed by atoms with Crippen LogP contribution in [0.5, 0.6) is 5.75 Å². The monoisotopic (exact) mass is 265 g/mol. The topological polar surface area (TPSA) is 55.5 Å². The van der Waals surface area contributed by atoms with E-state index >= 15 is 0 Å². The summed E-state index contributed by atoms with van der Waals surface area (Å²) in [4.78, 5) is 0. The first-order chi connectivity index (χ1) is 9.13. The summed E-state index contributed by atoms with van der Waals surface area (Å²) in [6.45, 7) is 6.38. The highest BCUT2D eigenvalue weighted by atomic mass is 16.5. The van der Waals surface area contributed by atoms with Gasteiger partial charge in [0.15, 0.2) is 0 Å². The molecule has 3 atom stereocenters. The molecule has 0 aliphatic rings. The molecule has 0 amide bonds. The van der Waals surface area contributed by atoms with E-state index in [1.807, 2.05) is 18.2 Å². The van der Waals surface area contributed by atoms with Crippen molar-refractivity contribution in [2.24, 2.45) is 5.73 Å². The van der Waals surface area contributed by atoms with Crippen molar-refractivity contribution in [1.82, 2.24) is 0 Å². The molecule has 0 aliphatic carbocycles. The third kappa shape index (κ3) is 4.51. The summed E-state index contributed by atoms with van der Waals surface area (Å²) in [7, 11) is 0.